The van der Waals surface area contributed by atoms with Gasteiger partial charge in [-0.25, -0.2) is 0 Å². The third kappa shape index (κ3) is 3.46. The van der Waals surface area contributed by atoms with Gasteiger partial charge in [0.25, 0.3) is 0 Å². The molecule has 0 bridgehead atoms. The van der Waals surface area contributed by atoms with Crippen molar-refractivity contribution < 1.29 is 0 Å². The van der Waals surface area contributed by atoms with E-state index in [1.807, 2.05) is 7.05 Å². The van der Waals surface area contributed by atoms with Gasteiger partial charge in [-0.15, -0.1) is 0 Å². The zero-order valence-electron chi connectivity index (χ0n) is 11.9. The summed E-state index contributed by atoms with van der Waals surface area (Å²) in [6.45, 7) is 14.4. The smallest absolute Gasteiger partial charge is 0.00451 e. The third-order valence-corrected chi connectivity index (χ3v) is 4.32. The standard InChI is InChI=1S/C14H30N2/c1-6-14(7-2)8-9-16(12-14)11-13(3,4)10-15-5/h15H,6-12H2,1-5H3. The normalized spacial score (nSPS) is 21.6. The van der Waals surface area contributed by atoms with E-state index < -0.39 is 0 Å². The Morgan fingerprint density at radius 1 is 1.25 bits per heavy atom. The van der Waals surface area contributed by atoms with Crippen LogP contribution in [0.5, 0.6) is 0 Å². The molecule has 1 N–H and O–H groups in total. The Morgan fingerprint density at radius 2 is 1.88 bits per heavy atom. The van der Waals surface area contributed by atoms with Crippen molar-refractivity contribution in [2.45, 2.75) is 47.0 Å². The predicted molar refractivity (Wildman–Crippen MR) is 71.8 cm³/mol. The molecule has 2 nitrogen and oxygen atoms in total. The van der Waals surface area contributed by atoms with Crippen LogP contribution in [0.2, 0.25) is 0 Å². The predicted octanol–water partition coefficient (Wildman–Crippen LogP) is 2.74. The third-order valence-electron chi connectivity index (χ3n) is 4.32. The Morgan fingerprint density at radius 3 is 2.31 bits per heavy atom. The molecule has 1 aliphatic heterocycles. The van der Waals surface area contributed by atoms with Crippen molar-refractivity contribution in [2.24, 2.45) is 10.8 Å². The first-order valence-corrected chi connectivity index (χ1v) is 6.84. The van der Waals surface area contributed by atoms with E-state index in [4.69, 9.17) is 0 Å². The maximum atomic E-state index is 3.30. The number of nitrogens with one attached hydrogen (secondary N) is 1. The highest BCUT2D eigenvalue weighted by Gasteiger charge is 2.36. The minimum Gasteiger partial charge on any atom is -0.319 e. The summed E-state index contributed by atoms with van der Waals surface area (Å²) in [6, 6.07) is 0. The lowest BCUT2D eigenvalue weighted by Gasteiger charge is -2.32. The van der Waals surface area contributed by atoms with Crippen LogP contribution in [0.15, 0.2) is 0 Å². The lowest BCUT2D eigenvalue weighted by atomic mass is 9.82. The van der Waals surface area contributed by atoms with Crippen LogP contribution in [0, 0.1) is 10.8 Å². The van der Waals surface area contributed by atoms with Gasteiger partial charge in [0.1, 0.15) is 0 Å². The van der Waals surface area contributed by atoms with Gasteiger partial charge in [0.05, 0.1) is 0 Å². The number of hydrogen-bond acceptors (Lipinski definition) is 2. The van der Waals surface area contributed by atoms with E-state index in [9.17, 15) is 0 Å². The number of likely N-dealkylation sites (tertiary alicyclic amines) is 1. The van der Waals surface area contributed by atoms with Crippen LogP contribution in [0.4, 0.5) is 0 Å². The number of hydrogen-bond donors (Lipinski definition) is 1. The fourth-order valence-corrected chi connectivity index (χ4v) is 3.13. The molecule has 96 valence electrons. The largest absolute Gasteiger partial charge is 0.319 e. The molecule has 16 heavy (non-hydrogen) atoms. The Kier molecular flexibility index (Phi) is 4.81. The molecule has 0 radical (unpaired) electrons. The summed E-state index contributed by atoms with van der Waals surface area (Å²) >= 11 is 0. The van der Waals surface area contributed by atoms with Gasteiger partial charge in [-0.2, -0.15) is 0 Å². The Labute approximate surface area is 102 Å². The van der Waals surface area contributed by atoms with Gasteiger partial charge < -0.3 is 10.2 Å². The van der Waals surface area contributed by atoms with Crippen LogP contribution in [-0.4, -0.2) is 38.1 Å². The average molecular weight is 226 g/mol. The van der Waals surface area contributed by atoms with Crippen molar-refractivity contribution in [3.05, 3.63) is 0 Å². The Hall–Kier alpha value is -0.0800. The first-order valence-electron chi connectivity index (χ1n) is 6.84. The van der Waals surface area contributed by atoms with E-state index in [-0.39, 0.29) is 0 Å². The molecule has 0 aliphatic carbocycles. The van der Waals surface area contributed by atoms with Crippen molar-refractivity contribution in [3.63, 3.8) is 0 Å². The Balaban J connectivity index is 2.47. The molecule has 2 heteroatoms. The van der Waals surface area contributed by atoms with E-state index in [0.717, 1.165) is 6.54 Å². The van der Waals surface area contributed by atoms with Crippen molar-refractivity contribution in [1.82, 2.24) is 10.2 Å². The van der Waals surface area contributed by atoms with Gasteiger partial charge in [-0.05, 0) is 43.7 Å². The molecule has 0 aromatic carbocycles. The summed E-state index contributed by atoms with van der Waals surface area (Å²) in [6.07, 6.45) is 4.08. The molecule has 1 aliphatic rings. The van der Waals surface area contributed by atoms with Crippen molar-refractivity contribution in [3.8, 4) is 0 Å². The molecular formula is C14H30N2. The second kappa shape index (κ2) is 5.50. The molecule has 1 heterocycles. The summed E-state index contributed by atoms with van der Waals surface area (Å²) in [4.78, 5) is 2.67. The fourth-order valence-electron chi connectivity index (χ4n) is 3.13. The van der Waals surface area contributed by atoms with Gasteiger partial charge in [-0.1, -0.05) is 27.7 Å². The molecular weight excluding hydrogens is 196 g/mol. The highest BCUT2D eigenvalue weighted by Crippen LogP contribution is 2.37. The quantitative estimate of drug-likeness (QED) is 0.749. The van der Waals surface area contributed by atoms with Gasteiger partial charge in [0.2, 0.25) is 0 Å². The highest BCUT2D eigenvalue weighted by atomic mass is 15.2. The molecule has 0 spiro atoms. The van der Waals surface area contributed by atoms with Crippen molar-refractivity contribution in [2.75, 3.05) is 33.2 Å². The molecule has 0 aromatic rings. The number of rotatable bonds is 6. The van der Waals surface area contributed by atoms with E-state index in [2.05, 4.69) is 37.9 Å². The molecule has 1 fully saturated rings. The molecule has 1 saturated heterocycles. The van der Waals surface area contributed by atoms with Crippen LogP contribution in [0.1, 0.15) is 47.0 Å². The van der Waals surface area contributed by atoms with Crippen LogP contribution in [-0.2, 0) is 0 Å². The van der Waals surface area contributed by atoms with E-state index in [0.29, 0.717) is 10.8 Å². The summed E-state index contributed by atoms with van der Waals surface area (Å²) in [5.41, 5.74) is 1.02. The number of nitrogens with zero attached hydrogens (tertiary/aromatic N) is 1. The van der Waals surface area contributed by atoms with Crippen LogP contribution < -0.4 is 5.32 Å². The minimum atomic E-state index is 0.395. The van der Waals surface area contributed by atoms with E-state index >= 15 is 0 Å². The Bertz CT molecular complexity index is 207. The second-order valence-corrected chi connectivity index (χ2v) is 6.36. The molecule has 0 aromatic heterocycles. The topological polar surface area (TPSA) is 15.3 Å². The highest BCUT2D eigenvalue weighted by molar-refractivity contribution is 4.90. The molecule has 0 unspecified atom stereocenters. The monoisotopic (exact) mass is 226 g/mol. The van der Waals surface area contributed by atoms with Gasteiger partial charge in [-0.3, -0.25) is 0 Å². The SMILES string of the molecule is CCC1(CC)CCN(CC(C)(C)CNC)C1. The molecule has 0 saturated carbocycles. The van der Waals surface area contributed by atoms with Gasteiger partial charge in [0.15, 0.2) is 0 Å². The van der Waals surface area contributed by atoms with E-state index in [1.54, 1.807) is 0 Å². The van der Waals surface area contributed by atoms with E-state index in [1.165, 1.54) is 38.9 Å². The maximum absolute atomic E-state index is 3.30. The van der Waals surface area contributed by atoms with Crippen LogP contribution in [0.3, 0.4) is 0 Å². The fraction of sp³-hybridized carbons (Fsp3) is 1.00. The second-order valence-electron chi connectivity index (χ2n) is 6.36. The van der Waals surface area contributed by atoms with Crippen LogP contribution in [0.25, 0.3) is 0 Å². The molecule has 0 amide bonds. The molecule has 1 rings (SSSR count). The zero-order chi connectivity index (χ0) is 12.2. The lowest BCUT2D eigenvalue weighted by molar-refractivity contribution is 0.178. The first-order chi connectivity index (χ1) is 7.47. The summed E-state index contributed by atoms with van der Waals surface area (Å²) in [7, 11) is 2.05. The average Bonchev–Trinajstić information content (AvgIpc) is 2.61. The lowest BCUT2D eigenvalue weighted by Crippen LogP contribution is -2.39. The summed E-state index contributed by atoms with van der Waals surface area (Å²) < 4.78 is 0. The van der Waals surface area contributed by atoms with Gasteiger partial charge in [0, 0.05) is 19.6 Å². The maximum Gasteiger partial charge on any atom is 0.00451 e. The van der Waals surface area contributed by atoms with Crippen molar-refractivity contribution >= 4 is 0 Å². The summed E-state index contributed by atoms with van der Waals surface area (Å²) in [5, 5.41) is 3.30. The minimum absolute atomic E-state index is 0.395. The summed E-state index contributed by atoms with van der Waals surface area (Å²) in [5.74, 6) is 0. The molecule has 0 atom stereocenters. The van der Waals surface area contributed by atoms with Gasteiger partial charge >= 0.3 is 0 Å². The zero-order valence-corrected chi connectivity index (χ0v) is 11.9. The first kappa shape index (κ1) is 14.0. The van der Waals surface area contributed by atoms with Crippen LogP contribution >= 0.6 is 0 Å². The van der Waals surface area contributed by atoms with Crippen molar-refractivity contribution in [1.29, 1.82) is 0 Å².